The molecule has 0 aliphatic carbocycles. The first-order valence-corrected chi connectivity index (χ1v) is 9.75. The van der Waals surface area contributed by atoms with Gasteiger partial charge in [-0.15, -0.1) is 5.10 Å². The molecule has 0 saturated carbocycles. The molecule has 3 aromatic rings. The lowest BCUT2D eigenvalue weighted by atomic mass is 10.1. The van der Waals surface area contributed by atoms with Crippen molar-refractivity contribution in [2.75, 3.05) is 30.0 Å². The fraction of sp³-hybridized carbons (Fsp3) is 0.286. The highest BCUT2D eigenvalue weighted by atomic mass is 16.5. The van der Waals surface area contributed by atoms with Gasteiger partial charge in [0.1, 0.15) is 0 Å². The second-order valence-corrected chi connectivity index (χ2v) is 7.24. The predicted molar refractivity (Wildman–Crippen MR) is 109 cm³/mol. The highest BCUT2D eigenvalue weighted by Crippen LogP contribution is 2.38. The summed E-state index contributed by atoms with van der Waals surface area (Å²) in [5.41, 5.74) is 4.28. The normalized spacial score (nSPS) is 20.5. The molecule has 0 radical (unpaired) electrons. The highest BCUT2D eigenvalue weighted by Gasteiger charge is 2.32. The Morgan fingerprint density at radius 1 is 1.07 bits per heavy atom. The molecule has 0 spiro atoms. The topological polar surface area (TPSA) is 84.3 Å². The van der Waals surface area contributed by atoms with Crippen LogP contribution in [0.1, 0.15) is 11.6 Å². The Morgan fingerprint density at radius 3 is 2.76 bits per heavy atom. The van der Waals surface area contributed by atoms with Gasteiger partial charge >= 0.3 is 6.03 Å². The van der Waals surface area contributed by atoms with Gasteiger partial charge in [0.2, 0.25) is 0 Å². The van der Waals surface area contributed by atoms with E-state index in [0.717, 1.165) is 24.3 Å². The first-order chi connectivity index (χ1) is 14.3. The smallest absolute Gasteiger partial charge is 0.319 e. The molecule has 2 aliphatic heterocycles. The summed E-state index contributed by atoms with van der Waals surface area (Å²) >= 11 is 0. The van der Waals surface area contributed by atoms with Crippen molar-refractivity contribution in [2.24, 2.45) is 0 Å². The van der Waals surface area contributed by atoms with E-state index >= 15 is 0 Å². The minimum atomic E-state index is -0.259. The molecule has 2 aromatic carbocycles. The number of aromatic nitrogens is 3. The van der Waals surface area contributed by atoms with Gasteiger partial charge in [-0.2, -0.15) is 0 Å². The Bertz CT molecular complexity index is 1010. The van der Waals surface area contributed by atoms with E-state index in [-0.39, 0.29) is 18.1 Å². The van der Waals surface area contributed by atoms with Crippen molar-refractivity contribution in [3.05, 3.63) is 66.5 Å². The number of urea groups is 1. The second kappa shape index (κ2) is 7.56. The van der Waals surface area contributed by atoms with Gasteiger partial charge in [-0.25, -0.2) is 9.48 Å². The number of rotatable bonds is 4. The van der Waals surface area contributed by atoms with Gasteiger partial charge < -0.3 is 20.3 Å². The van der Waals surface area contributed by atoms with Gasteiger partial charge in [0.15, 0.2) is 0 Å². The van der Waals surface area contributed by atoms with E-state index in [2.05, 4.69) is 44.0 Å². The summed E-state index contributed by atoms with van der Waals surface area (Å²) in [6.07, 6.45) is 4.40. The summed E-state index contributed by atoms with van der Waals surface area (Å²) in [5.74, 6) is 0. The number of ether oxygens (including phenoxy) is 1. The van der Waals surface area contributed by atoms with Crippen LogP contribution in [0.25, 0.3) is 0 Å². The summed E-state index contributed by atoms with van der Waals surface area (Å²) in [7, 11) is 0. The van der Waals surface area contributed by atoms with E-state index in [4.69, 9.17) is 4.74 Å². The summed E-state index contributed by atoms with van der Waals surface area (Å²) < 4.78 is 7.28. The highest BCUT2D eigenvalue weighted by molar-refractivity contribution is 5.94. The van der Waals surface area contributed by atoms with Crippen molar-refractivity contribution in [1.82, 2.24) is 20.3 Å². The van der Waals surface area contributed by atoms with Gasteiger partial charge in [0.25, 0.3) is 0 Å². The first kappa shape index (κ1) is 17.7. The van der Waals surface area contributed by atoms with Crippen LogP contribution in [0.5, 0.6) is 0 Å². The van der Waals surface area contributed by atoms with Crippen molar-refractivity contribution in [1.29, 1.82) is 0 Å². The molecule has 1 aromatic heterocycles. The average Bonchev–Trinajstić information content (AvgIpc) is 3.49. The Labute approximate surface area is 168 Å². The van der Waals surface area contributed by atoms with Crippen molar-refractivity contribution in [3.8, 4) is 0 Å². The number of benzene rings is 2. The number of fused-ring (bicyclic) bond motifs is 1. The Morgan fingerprint density at radius 2 is 1.90 bits per heavy atom. The average molecular weight is 390 g/mol. The molecule has 2 atom stereocenters. The number of para-hydroxylation sites is 3. The molecule has 3 heterocycles. The van der Waals surface area contributed by atoms with Gasteiger partial charge in [-0.05, 0) is 30.2 Å². The molecule has 29 heavy (non-hydrogen) atoms. The minimum Gasteiger partial charge on any atom is -0.377 e. The molecular weight excluding hydrogens is 368 g/mol. The summed E-state index contributed by atoms with van der Waals surface area (Å²) in [4.78, 5) is 15.0. The second-order valence-electron chi connectivity index (χ2n) is 7.24. The lowest BCUT2D eigenvalue weighted by Gasteiger charge is -2.24. The molecule has 1 saturated heterocycles. The fourth-order valence-electron chi connectivity index (χ4n) is 4.07. The van der Waals surface area contributed by atoms with Gasteiger partial charge in [0, 0.05) is 18.4 Å². The third kappa shape index (κ3) is 3.42. The van der Waals surface area contributed by atoms with E-state index in [9.17, 15) is 4.79 Å². The Hall–Kier alpha value is -3.39. The zero-order valence-corrected chi connectivity index (χ0v) is 15.9. The number of anilines is 3. The fourth-order valence-corrected chi connectivity index (χ4v) is 4.07. The van der Waals surface area contributed by atoms with Gasteiger partial charge in [-0.1, -0.05) is 35.5 Å². The zero-order valence-electron chi connectivity index (χ0n) is 15.9. The summed E-state index contributed by atoms with van der Waals surface area (Å²) in [6.45, 7) is 1.83. The van der Waals surface area contributed by atoms with E-state index in [1.165, 1.54) is 11.3 Å². The molecule has 2 N–H and O–H groups in total. The van der Waals surface area contributed by atoms with Crippen LogP contribution < -0.4 is 15.5 Å². The number of carbonyl (C=O) groups excluding carboxylic acids is 1. The standard InChI is InChI=1S/C21H22N6O2/c28-21(24-17-13-29-14-20(17)27-12-10-22-25-27)23-16-6-2-4-8-19(16)26-11-9-15-5-1-3-7-18(15)26/h1-8,10,12,17,20H,9,11,13-14H2,(H2,23,24,28)/t17-,20+/m0/s1. The molecule has 148 valence electrons. The maximum absolute atomic E-state index is 12.8. The predicted octanol–water partition coefficient (Wildman–Crippen LogP) is 2.73. The van der Waals surface area contributed by atoms with Crippen LogP contribution in [0.3, 0.4) is 0 Å². The van der Waals surface area contributed by atoms with Crippen molar-refractivity contribution >= 4 is 23.1 Å². The number of hydrogen-bond donors (Lipinski definition) is 2. The van der Waals surface area contributed by atoms with E-state index < -0.39 is 0 Å². The first-order valence-electron chi connectivity index (χ1n) is 9.75. The molecule has 0 unspecified atom stereocenters. The van der Waals surface area contributed by atoms with Crippen molar-refractivity contribution < 1.29 is 9.53 Å². The molecule has 0 bridgehead atoms. The molecule has 8 nitrogen and oxygen atoms in total. The number of nitrogens with zero attached hydrogens (tertiary/aromatic N) is 4. The van der Waals surface area contributed by atoms with Crippen molar-refractivity contribution in [2.45, 2.75) is 18.5 Å². The lowest BCUT2D eigenvalue weighted by Crippen LogP contribution is -2.43. The van der Waals surface area contributed by atoms with Crippen LogP contribution in [0.4, 0.5) is 21.9 Å². The van der Waals surface area contributed by atoms with Crippen LogP contribution in [0.2, 0.25) is 0 Å². The monoisotopic (exact) mass is 390 g/mol. The molecular formula is C21H22N6O2. The molecule has 5 rings (SSSR count). The van der Waals surface area contributed by atoms with Gasteiger partial charge in [0.05, 0.1) is 42.9 Å². The molecule has 2 amide bonds. The lowest BCUT2D eigenvalue weighted by molar-refractivity contribution is 0.181. The van der Waals surface area contributed by atoms with E-state index in [1.54, 1.807) is 17.1 Å². The third-order valence-electron chi connectivity index (χ3n) is 5.48. The summed E-state index contributed by atoms with van der Waals surface area (Å²) in [6, 6.07) is 15.8. The largest absolute Gasteiger partial charge is 0.377 e. The number of hydrogen-bond acceptors (Lipinski definition) is 5. The van der Waals surface area contributed by atoms with Crippen LogP contribution in [-0.2, 0) is 11.2 Å². The Kier molecular flexibility index (Phi) is 4.61. The summed E-state index contributed by atoms with van der Waals surface area (Å²) in [5, 5.41) is 13.9. The maximum Gasteiger partial charge on any atom is 0.319 e. The minimum absolute atomic E-state index is 0.0658. The molecule has 2 aliphatic rings. The maximum atomic E-state index is 12.8. The van der Waals surface area contributed by atoms with E-state index in [1.807, 2.05) is 30.3 Å². The quantitative estimate of drug-likeness (QED) is 0.716. The molecule has 1 fully saturated rings. The van der Waals surface area contributed by atoms with Gasteiger partial charge in [-0.3, -0.25) is 0 Å². The Balaban J connectivity index is 1.32. The van der Waals surface area contributed by atoms with Crippen LogP contribution in [0, 0.1) is 0 Å². The number of amides is 2. The van der Waals surface area contributed by atoms with Crippen LogP contribution >= 0.6 is 0 Å². The van der Waals surface area contributed by atoms with Crippen molar-refractivity contribution in [3.63, 3.8) is 0 Å². The van der Waals surface area contributed by atoms with Crippen LogP contribution in [0.15, 0.2) is 60.9 Å². The van der Waals surface area contributed by atoms with E-state index in [0.29, 0.717) is 13.2 Å². The number of carbonyl (C=O) groups is 1. The molecule has 8 heteroatoms. The number of nitrogens with one attached hydrogen (secondary N) is 2. The SMILES string of the molecule is O=C(Nc1ccccc1N1CCc2ccccc21)N[C@H]1COC[C@H]1n1ccnn1. The zero-order chi connectivity index (χ0) is 19.6. The van der Waals surface area contributed by atoms with Crippen LogP contribution in [-0.4, -0.2) is 46.8 Å². The third-order valence-corrected chi connectivity index (χ3v) is 5.48.